The maximum absolute atomic E-state index is 12.7. The molecule has 3 rings (SSSR count). The van der Waals surface area contributed by atoms with Crippen LogP contribution in [-0.2, 0) is 16.1 Å². The Morgan fingerprint density at radius 2 is 2.00 bits per heavy atom. The van der Waals surface area contributed by atoms with Crippen LogP contribution in [0.2, 0.25) is 10.3 Å². The van der Waals surface area contributed by atoms with Crippen LogP contribution in [0.15, 0.2) is 36.7 Å². The standard InChI is InChI=1S/C17H14Cl2N4O3/c1-26-6-5-23-9-12(11-3-2-4-20-16(11)23)15(24)17(25)21-10-7-13(18)22-14(19)8-10/h2-4,7-9H,5-6H2,1H3,(H,21,22,25). The van der Waals surface area contributed by atoms with Crippen molar-refractivity contribution in [3.05, 3.63) is 52.5 Å². The first-order chi connectivity index (χ1) is 12.5. The minimum Gasteiger partial charge on any atom is -0.383 e. The molecule has 0 aliphatic carbocycles. The van der Waals surface area contributed by atoms with Crippen LogP contribution in [-0.4, -0.2) is 39.9 Å². The average molecular weight is 393 g/mol. The van der Waals surface area contributed by atoms with Crippen molar-refractivity contribution in [2.24, 2.45) is 0 Å². The summed E-state index contributed by atoms with van der Waals surface area (Å²) in [6.45, 7) is 0.961. The Balaban J connectivity index is 1.90. The second-order valence-electron chi connectivity index (χ2n) is 5.39. The fraction of sp³-hybridized carbons (Fsp3) is 0.176. The number of hydrogen-bond donors (Lipinski definition) is 1. The quantitative estimate of drug-likeness (QED) is 0.395. The average Bonchev–Trinajstić information content (AvgIpc) is 2.97. The molecule has 9 heteroatoms. The molecule has 0 unspecified atom stereocenters. The number of Topliss-reactive ketones (excluding diaryl/α,β-unsaturated/α-hetero) is 1. The smallest absolute Gasteiger partial charge is 0.296 e. The zero-order valence-corrected chi connectivity index (χ0v) is 15.2. The molecule has 1 amide bonds. The van der Waals surface area contributed by atoms with Gasteiger partial charge in [-0.15, -0.1) is 0 Å². The van der Waals surface area contributed by atoms with E-state index in [-0.39, 0.29) is 21.6 Å². The van der Waals surface area contributed by atoms with Gasteiger partial charge in [0.1, 0.15) is 16.0 Å². The van der Waals surface area contributed by atoms with E-state index in [0.717, 1.165) is 0 Å². The maximum Gasteiger partial charge on any atom is 0.296 e. The van der Waals surface area contributed by atoms with Gasteiger partial charge in [0.15, 0.2) is 0 Å². The molecular weight excluding hydrogens is 379 g/mol. The summed E-state index contributed by atoms with van der Waals surface area (Å²) < 4.78 is 6.85. The number of ketones is 1. The summed E-state index contributed by atoms with van der Waals surface area (Å²) in [7, 11) is 1.59. The third-order valence-electron chi connectivity index (χ3n) is 3.64. The van der Waals surface area contributed by atoms with Crippen molar-refractivity contribution >= 4 is 51.6 Å². The van der Waals surface area contributed by atoms with Crippen LogP contribution in [0.1, 0.15) is 10.4 Å². The van der Waals surface area contributed by atoms with Crippen molar-refractivity contribution < 1.29 is 14.3 Å². The van der Waals surface area contributed by atoms with Crippen molar-refractivity contribution in [3.8, 4) is 0 Å². The molecule has 3 aromatic rings. The maximum atomic E-state index is 12.7. The lowest BCUT2D eigenvalue weighted by Gasteiger charge is -2.05. The lowest BCUT2D eigenvalue weighted by Crippen LogP contribution is -2.22. The first kappa shape index (κ1) is 18.3. The molecule has 0 saturated heterocycles. The molecule has 1 N–H and O–H groups in total. The minimum absolute atomic E-state index is 0.112. The summed E-state index contributed by atoms with van der Waals surface area (Å²) in [5.74, 6) is -1.50. The molecule has 0 radical (unpaired) electrons. The molecule has 3 aromatic heterocycles. The van der Waals surface area contributed by atoms with Crippen LogP contribution in [0.3, 0.4) is 0 Å². The number of halogens is 2. The van der Waals surface area contributed by atoms with Crippen LogP contribution in [0, 0.1) is 0 Å². The zero-order chi connectivity index (χ0) is 18.7. The van der Waals surface area contributed by atoms with Crippen molar-refractivity contribution in [2.75, 3.05) is 19.0 Å². The number of rotatable bonds is 6. The molecule has 134 valence electrons. The summed E-state index contributed by atoms with van der Waals surface area (Å²) in [4.78, 5) is 33.1. The van der Waals surface area contributed by atoms with E-state index < -0.39 is 11.7 Å². The molecule has 0 aliphatic rings. The molecule has 7 nitrogen and oxygen atoms in total. The van der Waals surface area contributed by atoms with Crippen LogP contribution >= 0.6 is 23.2 Å². The fourth-order valence-electron chi connectivity index (χ4n) is 2.51. The summed E-state index contributed by atoms with van der Waals surface area (Å²) in [6.07, 6.45) is 3.23. The Hall–Kier alpha value is -2.48. The summed E-state index contributed by atoms with van der Waals surface area (Å²) in [6, 6.07) is 6.26. The normalized spacial score (nSPS) is 10.9. The lowest BCUT2D eigenvalue weighted by atomic mass is 10.1. The Morgan fingerprint density at radius 1 is 1.27 bits per heavy atom. The predicted molar refractivity (Wildman–Crippen MR) is 98.8 cm³/mol. The highest BCUT2D eigenvalue weighted by atomic mass is 35.5. The van der Waals surface area contributed by atoms with Gasteiger partial charge in [-0.3, -0.25) is 9.59 Å². The van der Waals surface area contributed by atoms with Crippen LogP contribution in [0.4, 0.5) is 5.69 Å². The van der Waals surface area contributed by atoms with Gasteiger partial charge in [-0.05, 0) is 24.3 Å². The van der Waals surface area contributed by atoms with Crippen molar-refractivity contribution in [2.45, 2.75) is 6.54 Å². The van der Waals surface area contributed by atoms with Crippen LogP contribution in [0.5, 0.6) is 0 Å². The largest absolute Gasteiger partial charge is 0.383 e. The summed E-state index contributed by atoms with van der Waals surface area (Å²) in [5, 5.41) is 3.30. The number of anilines is 1. The number of nitrogens with zero attached hydrogens (tertiary/aromatic N) is 3. The fourth-order valence-corrected chi connectivity index (χ4v) is 2.97. The van der Waals surface area contributed by atoms with E-state index in [1.54, 1.807) is 36.2 Å². The van der Waals surface area contributed by atoms with E-state index in [1.807, 2.05) is 0 Å². The van der Waals surface area contributed by atoms with Gasteiger partial charge in [0.25, 0.3) is 11.7 Å². The van der Waals surface area contributed by atoms with Gasteiger partial charge in [-0.25, -0.2) is 9.97 Å². The zero-order valence-electron chi connectivity index (χ0n) is 13.7. The second-order valence-corrected chi connectivity index (χ2v) is 6.16. The number of methoxy groups -OCH3 is 1. The molecule has 0 bridgehead atoms. The molecule has 0 aromatic carbocycles. The Morgan fingerprint density at radius 3 is 2.69 bits per heavy atom. The number of nitrogens with one attached hydrogen (secondary N) is 1. The Kier molecular flexibility index (Phi) is 5.51. The molecule has 26 heavy (non-hydrogen) atoms. The summed E-state index contributed by atoms with van der Waals surface area (Å²) in [5.41, 5.74) is 1.15. The third kappa shape index (κ3) is 3.85. The van der Waals surface area contributed by atoms with E-state index in [1.165, 1.54) is 12.1 Å². The van der Waals surface area contributed by atoms with Crippen LogP contribution < -0.4 is 5.32 Å². The van der Waals surface area contributed by atoms with Gasteiger partial charge in [0.2, 0.25) is 0 Å². The second kappa shape index (κ2) is 7.82. The monoisotopic (exact) mass is 392 g/mol. The molecule has 0 aliphatic heterocycles. The van der Waals surface area contributed by atoms with Crippen LogP contribution in [0.25, 0.3) is 11.0 Å². The van der Waals surface area contributed by atoms with Crippen molar-refractivity contribution in [1.82, 2.24) is 14.5 Å². The molecule has 0 fully saturated rings. The van der Waals surface area contributed by atoms with E-state index in [0.29, 0.717) is 24.2 Å². The number of carbonyl (C=O) groups is 2. The molecule has 0 spiro atoms. The minimum atomic E-state index is -0.807. The van der Waals surface area contributed by atoms with Gasteiger partial charge < -0.3 is 14.6 Å². The molecule has 0 atom stereocenters. The number of ether oxygens (including phenoxy) is 1. The lowest BCUT2D eigenvalue weighted by molar-refractivity contribution is -0.112. The van der Waals surface area contributed by atoms with Gasteiger partial charge in [-0.2, -0.15) is 0 Å². The van der Waals surface area contributed by atoms with Gasteiger partial charge in [0, 0.05) is 37.1 Å². The SMILES string of the molecule is COCCn1cc(C(=O)C(=O)Nc2cc(Cl)nc(Cl)c2)c2cccnc21. The summed E-state index contributed by atoms with van der Waals surface area (Å²) >= 11 is 11.6. The molecular formula is C17H14Cl2N4O3. The van der Waals surface area contributed by atoms with Crippen molar-refractivity contribution in [1.29, 1.82) is 0 Å². The number of amides is 1. The number of carbonyl (C=O) groups excluding carboxylic acids is 2. The number of pyridine rings is 2. The Labute approximate surface area is 158 Å². The van der Waals surface area contributed by atoms with Gasteiger partial charge >= 0.3 is 0 Å². The highest BCUT2D eigenvalue weighted by Gasteiger charge is 2.22. The predicted octanol–water partition coefficient (Wildman–Crippen LogP) is 3.21. The van der Waals surface area contributed by atoms with E-state index >= 15 is 0 Å². The topological polar surface area (TPSA) is 86.1 Å². The highest BCUT2D eigenvalue weighted by Crippen LogP contribution is 2.22. The van der Waals surface area contributed by atoms with Gasteiger partial charge in [-0.1, -0.05) is 23.2 Å². The highest BCUT2D eigenvalue weighted by molar-refractivity contribution is 6.48. The van der Waals surface area contributed by atoms with Crippen molar-refractivity contribution in [3.63, 3.8) is 0 Å². The first-order valence-electron chi connectivity index (χ1n) is 7.61. The number of hydrogen-bond acceptors (Lipinski definition) is 5. The number of fused-ring (bicyclic) bond motifs is 1. The van der Waals surface area contributed by atoms with E-state index in [2.05, 4.69) is 15.3 Å². The van der Waals surface area contributed by atoms with E-state index in [9.17, 15) is 9.59 Å². The Bertz CT molecular complexity index is 967. The third-order valence-corrected chi connectivity index (χ3v) is 4.03. The van der Waals surface area contributed by atoms with Gasteiger partial charge in [0.05, 0.1) is 12.2 Å². The molecule has 0 saturated carbocycles. The first-order valence-corrected chi connectivity index (χ1v) is 8.36. The van der Waals surface area contributed by atoms with E-state index in [4.69, 9.17) is 27.9 Å². The molecule has 3 heterocycles. The number of aromatic nitrogens is 3.